The molecule has 142 valence electrons. The molecular weight excluding hydrogens is 332 g/mol. The van der Waals surface area contributed by atoms with Crippen molar-refractivity contribution in [3.8, 4) is 0 Å². The molecule has 8 nitrogen and oxygen atoms in total. The average Bonchev–Trinajstić information content (AvgIpc) is 2.99. The van der Waals surface area contributed by atoms with E-state index in [0.29, 0.717) is 24.8 Å². The van der Waals surface area contributed by atoms with Crippen LogP contribution in [0, 0.1) is 6.92 Å². The zero-order valence-electron chi connectivity index (χ0n) is 16.1. The lowest BCUT2D eigenvalue weighted by Gasteiger charge is -2.33. The van der Waals surface area contributed by atoms with Gasteiger partial charge in [0.1, 0.15) is 0 Å². The maximum atomic E-state index is 12.1. The minimum Gasteiger partial charge on any atom is -0.338 e. The van der Waals surface area contributed by atoms with Gasteiger partial charge in [-0.2, -0.15) is 10.1 Å². The van der Waals surface area contributed by atoms with Crippen molar-refractivity contribution in [1.29, 1.82) is 0 Å². The third-order valence-electron chi connectivity index (χ3n) is 4.66. The molecule has 1 aliphatic heterocycles. The van der Waals surface area contributed by atoms with Crippen LogP contribution in [0.2, 0.25) is 0 Å². The van der Waals surface area contributed by atoms with Crippen LogP contribution in [0.5, 0.6) is 0 Å². The number of aryl methyl sites for hydroxylation is 1. The highest BCUT2D eigenvalue weighted by atomic mass is 16.5. The fraction of sp³-hybridized carbons (Fsp3) is 0.667. The maximum Gasteiger partial charge on any atom is 0.266 e. The Bertz CT molecular complexity index is 783. The maximum absolute atomic E-state index is 12.1. The van der Waals surface area contributed by atoms with E-state index in [4.69, 9.17) is 4.52 Å². The Balaban J connectivity index is 1.50. The Hall–Kier alpha value is -2.06. The molecule has 2 aromatic heterocycles. The fourth-order valence-corrected chi connectivity index (χ4v) is 3.01. The van der Waals surface area contributed by atoms with E-state index in [1.54, 1.807) is 10.7 Å². The standard InChI is InChI=1S/C18H28N6O2/c1-14-19-16(26-21-14)13-23-9-7-22(8-10-23)11-12-24-17(25)6-5-15(20-24)18(2,3)4/h5-6H,7-13H2,1-4H3. The summed E-state index contributed by atoms with van der Waals surface area (Å²) in [7, 11) is 0. The molecule has 8 heteroatoms. The average molecular weight is 360 g/mol. The zero-order chi connectivity index (χ0) is 18.7. The number of nitrogens with zero attached hydrogens (tertiary/aromatic N) is 6. The zero-order valence-corrected chi connectivity index (χ0v) is 16.1. The quantitative estimate of drug-likeness (QED) is 0.788. The van der Waals surface area contributed by atoms with Gasteiger partial charge in [0.25, 0.3) is 5.56 Å². The predicted molar refractivity (Wildman–Crippen MR) is 97.9 cm³/mol. The molecule has 0 atom stereocenters. The largest absolute Gasteiger partial charge is 0.338 e. The van der Waals surface area contributed by atoms with Crippen molar-refractivity contribution >= 4 is 0 Å². The number of hydrogen-bond donors (Lipinski definition) is 0. The van der Waals surface area contributed by atoms with Crippen LogP contribution in [0.3, 0.4) is 0 Å². The van der Waals surface area contributed by atoms with Crippen molar-refractivity contribution < 1.29 is 4.52 Å². The van der Waals surface area contributed by atoms with Gasteiger partial charge in [0.15, 0.2) is 5.82 Å². The van der Waals surface area contributed by atoms with E-state index in [0.717, 1.165) is 38.4 Å². The predicted octanol–water partition coefficient (Wildman–Crippen LogP) is 1.05. The molecule has 0 bridgehead atoms. The molecule has 0 radical (unpaired) electrons. The number of piperazine rings is 1. The molecular formula is C18H28N6O2. The Kier molecular flexibility index (Phi) is 5.52. The van der Waals surface area contributed by atoms with Crippen molar-refractivity contribution in [1.82, 2.24) is 29.7 Å². The van der Waals surface area contributed by atoms with Crippen LogP contribution in [0.4, 0.5) is 0 Å². The summed E-state index contributed by atoms with van der Waals surface area (Å²) in [5.41, 5.74) is 0.842. The number of hydrogen-bond acceptors (Lipinski definition) is 7. The molecule has 3 heterocycles. The van der Waals surface area contributed by atoms with E-state index in [1.807, 2.05) is 13.0 Å². The van der Waals surface area contributed by atoms with Crippen molar-refractivity contribution in [3.05, 3.63) is 39.9 Å². The SMILES string of the molecule is Cc1noc(CN2CCN(CCn3nc(C(C)(C)C)ccc3=O)CC2)n1. The van der Waals surface area contributed by atoms with Crippen LogP contribution in [-0.4, -0.2) is 62.4 Å². The molecule has 2 aromatic rings. The summed E-state index contributed by atoms with van der Waals surface area (Å²) in [6.07, 6.45) is 0. The molecule has 1 saturated heterocycles. The molecule has 0 spiro atoms. The third kappa shape index (κ3) is 4.76. The molecule has 0 aliphatic carbocycles. The number of rotatable bonds is 5. The van der Waals surface area contributed by atoms with Crippen molar-refractivity contribution in [2.24, 2.45) is 0 Å². The minimum absolute atomic E-state index is 0.0385. The van der Waals surface area contributed by atoms with Crippen LogP contribution in [0.15, 0.2) is 21.5 Å². The Morgan fingerprint density at radius 1 is 1.08 bits per heavy atom. The smallest absolute Gasteiger partial charge is 0.266 e. The lowest BCUT2D eigenvalue weighted by Crippen LogP contribution is -2.47. The van der Waals surface area contributed by atoms with E-state index < -0.39 is 0 Å². The molecule has 1 fully saturated rings. The first-order valence-corrected chi connectivity index (χ1v) is 9.14. The molecule has 0 aromatic carbocycles. The minimum atomic E-state index is -0.0613. The highest BCUT2D eigenvalue weighted by molar-refractivity contribution is 5.10. The summed E-state index contributed by atoms with van der Waals surface area (Å²) in [6, 6.07) is 3.45. The highest BCUT2D eigenvalue weighted by Gasteiger charge is 2.20. The topological polar surface area (TPSA) is 80.3 Å². The normalized spacial score (nSPS) is 16.9. The summed E-state index contributed by atoms with van der Waals surface area (Å²) in [4.78, 5) is 21.0. The molecule has 0 N–H and O–H groups in total. The molecule has 0 amide bonds. The molecule has 26 heavy (non-hydrogen) atoms. The highest BCUT2D eigenvalue weighted by Crippen LogP contribution is 2.18. The van der Waals surface area contributed by atoms with E-state index in [9.17, 15) is 4.79 Å². The van der Waals surface area contributed by atoms with Crippen molar-refractivity contribution in [2.45, 2.75) is 46.2 Å². The summed E-state index contributed by atoms with van der Waals surface area (Å²) in [5, 5.41) is 8.37. The second kappa shape index (κ2) is 7.67. The lowest BCUT2D eigenvalue weighted by atomic mass is 9.92. The molecule has 3 rings (SSSR count). The molecule has 0 saturated carbocycles. The van der Waals surface area contributed by atoms with Gasteiger partial charge in [-0.25, -0.2) is 4.68 Å². The molecule has 1 aliphatic rings. The van der Waals surface area contributed by atoms with Gasteiger partial charge in [-0.15, -0.1) is 0 Å². The van der Waals surface area contributed by atoms with Crippen LogP contribution < -0.4 is 5.56 Å². The third-order valence-corrected chi connectivity index (χ3v) is 4.66. The van der Waals surface area contributed by atoms with E-state index >= 15 is 0 Å². The van der Waals surface area contributed by atoms with E-state index in [2.05, 4.69) is 45.8 Å². The van der Waals surface area contributed by atoms with Gasteiger partial charge in [0, 0.05) is 44.2 Å². The number of aromatic nitrogens is 4. The summed E-state index contributed by atoms with van der Waals surface area (Å²) in [5.74, 6) is 1.35. The first-order chi connectivity index (χ1) is 12.3. The van der Waals surface area contributed by atoms with Gasteiger partial charge in [-0.3, -0.25) is 14.6 Å². The van der Waals surface area contributed by atoms with Crippen LogP contribution >= 0.6 is 0 Å². The van der Waals surface area contributed by atoms with Crippen molar-refractivity contribution in [2.75, 3.05) is 32.7 Å². The fourth-order valence-electron chi connectivity index (χ4n) is 3.01. The second-order valence-corrected chi connectivity index (χ2v) is 7.88. The summed E-state index contributed by atoms with van der Waals surface area (Å²) < 4.78 is 6.78. The first-order valence-electron chi connectivity index (χ1n) is 9.14. The van der Waals surface area contributed by atoms with Gasteiger partial charge in [-0.05, 0) is 13.0 Å². The second-order valence-electron chi connectivity index (χ2n) is 7.88. The van der Waals surface area contributed by atoms with Crippen molar-refractivity contribution in [3.63, 3.8) is 0 Å². The van der Waals surface area contributed by atoms with E-state index in [-0.39, 0.29) is 11.0 Å². The Morgan fingerprint density at radius 3 is 2.38 bits per heavy atom. The van der Waals surface area contributed by atoms with Crippen LogP contribution in [0.1, 0.15) is 38.2 Å². The summed E-state index contributed by atoms with van der Waals surface area (Å²) in [6.45, 7) is 14.1. The Morgan fingerprint density at radius 2 is 1.77 bits per heavy atom. The lowest BCUT2D eigenvalue weighted by molar-refractivity contribution is 0.113. The van der Waals surface area contributed by atoms with Crippen LogP contribution in [0.25, 0.3) is 0 Å². The first kappa shape index (κ1) is 18.7. The van der Waals surface area contributed by atoms with Gasteiger partial charge >= 0.3 is 0 Å². The van der Waals surface area contributed by atoms with Gasteiger partial charge in [-0.1, -0.05) is 25.9 Å². The monoisotopic (exact) mass is 360 g/mol. The van der Waals surface area contributed by atoms with Gasteiger partial charge in [0.2, 0.25) is 5.89 Å². The molecule has 0 unspecified atom stereocenters. The summed E-state index contributed by atoms with van der Waals surface area (Å²) >= 11 is 0. The van der Waals surface area contributed by atoms with E-state index in [1.165, 1.54) is 0 Å². The van der Waals surface area contributed by atoms with Gasteiger partial charge in [0.05, 0.1) is 18.8 Å². The van der Waals surface area contributed by atoms with Gasteiger partial charge < -0.3 is 4.52 Å². The van der Waals surface area contributed by atoms with Crippen LogP contribution in [-0.2, 0) is 18.5 Å². The Labute approximate surface area is 153 Å².